The average molecular weight is 299 g/mol. The van der Waals surface area contributed by atoms with Crippen molar-refractivity contribution in [2.24, 2.45) is 0 Å². The Hall–Kier alpha value is -1.86. The number of halogens is 1. The zero-order chi connectivity index (χ0) is 13.9. The van der Waals surface area contributed by atoms with Crippen molar-refractivity contribution in [3.63, 3.8) is 0 Å². The molecule has 1 heterocycles. The smallest absolute Gasteiger partial charge is 0.264 e. The second-order valence-electron chi connectivity index (χ2n) is 3.61. The molecule has 0 fully saturated rings. The molecule has 0 aliphatic rings. The van der Waals surface area contributed by atoms with Gasteiger partial charge < -0.3 is 5.32 Å². The molecule has 8 heteroatoms. The molecule has 6 nitrogen and oxygen atoms in total. The maximum atomic E-state index is 12.1. The fourth-order valence-corrected chi connectivity index (χ4v) is 2.48. The minimum atomic E-state index is -3.72. The predicted molar refractivity (Wildman–Crippen MR) is 73.8 cm³/mol. The third-order valence-electron chi connectivity index (χ3n) is 2.24. The van der Waals surface area contributed by atoms with Crippen LogP contribution in [-0.2, 0) is 10.0 Å². The van der Waals surface area contributed by atoms with Crippen molar-refractivity contribution in [3.8, 4) is 0 Å². The fraction of sp³-hybridized carbons (Fsp3) is 0.0909. The molecule has 0 atom stereocenters. The first-order valence-corrected chi connectivity index (χ1v) is 7.15. The van der Waals surface area contributed by atoms with Crippen LogP contribution in [0.25, 0.3) is 0 Å². The van der Waals surface area contributed by atoms with Crippen molar-refractivity contribution in [2.75, 3.05) is 17.1 Å². The monoisotopic (exact) mass is 298 g/mol. The lowest BCUT2D eigenvalue weighted by atomic mass is 10.3. The van der Waals surface area contributed by atoms with E-state index in [1.807, 2.05) is 0 Å². The van der Waals surface area contributed by atoms with Gasteiger partial charge in [0.2, 0.25) is 5.95 Å². The predicted octanol–water partition coefficient (Wildman–Crippen LogP) is 1.97. The van der Waals surface area contributed by atoms with E-state index in [4.69, 9.17) is 11.6 Å². The molecule has 0 unspecified atom stereocenters. The molecule has 1 aromatic heterocycles. The third kappa shape index (κ3) is 3.33. The van der Waals surface area contributed by atoms with Crippen LogP contribution in [-0.4, -0.2) is 25.4 Å². The average Bonchev–Trinajstić information content (AvgIpc) is 2.38. The number of rotatable bonds is 4. The second kappa shape index (κ2) is 5.41. The van der Waals surface area contributed by atoms with Crippen LogP contribution in [0.5, 0.6) is 0 Å². The highest BCUT2D eigenvalue weighted by molar-refractivity contribution is 7.92. The highest BCUT2D eigenvalue weighted by atomic mass is 35.5. The van der Waals surface area contributed by atoms with Gasteiger partial charge in [0, 0.05) is 12.1 Å². The van der Waals surface area contributed by atoms with Gasteiger partial charge in [0.25, 0.3) is 10.0 Å². The molecule has 0 saturated heterocycles. The summed E-state index contributed by atoms with van der Waals surface area (Å²) < 4.78 is 26.5. The highest BCUT2D eigenvalue weighted by Gasteiger charge is 2.15. The van der Waals surface area contributed by atoms with Gasteiger partial charge in [-0.15, -0.1) is 0 Å². The van der Waals surface area contributed by atoms with Crippen molar-refractivity contribution in [1.82, 2.24) is 9.97 Å². The first-order chi connectivity index (χ1) is 9.01. The molecule has 0 saturated carbocycles. The van der Waals surface area contributed by atoms with Crippen LogP contribution in [0, 0.1) is 0 Å². The van der Waals surface area contributed by atoms with Crippen LogP contribution in [0.4, 0.5) is 11.6 Å². The Balaban J connectivity index is 2.27. The Morgan fingerprint density at radius 1 is 1.21 bits per heavy atom. The first kappa shape index (κ1) is 13.6. The van der Waals surface area contributed by atoms with E-state index in [0.29, 0.717) is 16.7 Å². The van der Waals surface area contributed by atoms with Crippen molar-refractivity contribution < 1.29 is 8.42 Å². The Morgan fingerprint density at radius 2 is 1.89 bits per heavy atom. The van der Waals surface area contributed by atoms with E-state index in [9.17, 15) is 8.42 Å². The van der Waals surface area contributed by atoms with Crippen molar-refractivity contribution in [2.45, 2.75) is 4.90 Å². The number of hydrogen-bond acceptors (Lipinski definition) is 5. The first-order valence-electron chi connectivity index (χ1n) is 5.29. The number of benzene rings is 1. The van der Waals surface area contributed by atoms with E-state index in [-0.39, 0.29) is 4.90 Å². The van der Waals surface area contributed by atoms with E-state index >= 15 is 0 Å². The third-order valence-corrected chi connectivity index (χ3v) is 3.81. The highest BCUT2D eigenvalue weighted by Crippen LogP contribution is 2.18. The quantitative estimate of drug-likeness (QED) is 0.901. The van der Waals surface area contributed by atoms with Crippen LogP contribution in [0.3, 0.4) is 0 Å². The molecular formula is C11H11ClN4O2S. The SMILES string of the molecule is CNc1ncc(S(=O)(=O)Nc2cccc(Cl)c2)cn1. The number of hydrogen-bond donors (Lipinski definition) is 2. The van der Waals surface area contributed by atoms with E-state index in [2.05, 4.69) is 20.0 Å². The second-order valence-corrected chi connectivity index (χ2v) is 5.73. The molecule has 19 heavy (non-hydrogen) atoms. The van der Waals surface area contributed by atoms with Gasteiger partial charge in [-0.1, -0.05) is 17.7 Å². The molecule has 2 aromatic rings. The molecular weight excluding hydrogens is 288 g/mol. The lowest BCUT2D eigenvalue weighted by Crippen LogP contribution is -2.14. The number of sulfonamides is 1. The van der Waals surface area contributed by atoms with E-state index in [0.717, 1.165) is 0 Å². The summed E-state index contributed by atoms with van der Waals surface area (Å²) >= 11 is 5.79. The molecule has 2 rings (SSSR count). The standard InChI is InChI=1S/C11H11ClN4O2S/c1-13-11-14-6-10(7-15-11)19(17,18)16-9-4-2-3-8(12)5-9/h2-7,16H,1H3,(H,13,14,15). The number of nitrogens with zero attached hydrogens (tertiary/aromatic N) is 2. The normalized spacial score (nSPS) is 11.1. The summed E-state index contributed by atoms with van der Waals surface area (Å²) in [7, 11) is -2.07. The van der Waals surface area contributed by atoms with Gasteiger partial charge in [-0.2, -0.15) is 0 Å². The van der Waals surface area contributed by atoms with Gasteiger partial charge in [0.05, 0.1) is 18.1 Å². The number of aromatic nitrogens is 2. The molecule has 0 bridgehead atoms. The summed E-state index contributed by atoms with van der Waals surface area (Å²) in [5.74, 6) is 0.349. The van der Waals surface area contributed by atoms with Crippen LogP contribution in [0.15, 0.2) is 41.6 Å². The summed E-state index contributed by atoms with van der Waals surface area (Å²) in [5.41, 5.74) is 0.380. The minimum absolute atomic E-state index is 0.0218. The van der Waals surface area contributed by atoms with Gasteiger partial charge in [0.1, 0.15) is 4.90 Å². The molecule has 2 N–H and O–H groups in total. The summed E-state index contributed by atoms with van der Waals surface area (Å²) in [5, 5.41) is 3.15. The molecule has 100 valence electrons. The zero-order valence-corrected chi connectivity index (χ0v) is 11.5. The van der Waals surface area contributed by atoms with Gasteiger partial charge in [-0.05, 0) is 18.2 Å². The molecule has 0 amide bonds. The maximum absolute atomic E-state index is 12.1. The van der Waals surface area contributed by atoms with E-state index < -0.39 is 10.0 Å². The summed E-state index contributed by atoms with van der Waals surface area (Å²) in [4.78, 5) is 7.69. The van der Waals surface area contributed by atoms with E-state index in [1.54, 1.807) is 25.2 Å². The zero-order valence-electron chi connectivity index (χ0n) is 9.96. The summed E-state index contributed by atoms with van der Waals surface area (Å²) in [6, 6.07) is 6.43. The lowest BCUT2D eigenvalue weighted by molar-refractivity contribution is 0.600. The molecule has 0 aliphatic heterocycles. The van der Waals surface area contributed by atoms with Crippen LogP contribution in [0.2, 0.25) is 5.02 Å². The molecule has 1 aromatic carbocycles. The summed E-state index contributed by atoms with van der Waals surface area (Å²) in [6.45, 7) is 0. The Labute approximate surface area is 115 Å². The van der Waals surface area contributed by atoms with Gasteiger partial charge in [0.15, 0.2) is 0 Å². The van der Waals surface area contributed by atoms with E-state index in [1.165, 1.54) is 18.5 Å². The van der Waals surface area contributed by atoms with Gasteiger partial charge in [-0.3, -0.25) is 4.72 Å². The van der Waals surface area contributed by atoms with Crippen molar-refractivity contribution in [3.05, 3.63) is 41.7 Å². The minimum Gasteiger partial charge on any atom is -0.357 e. The van der Waals surface area contributed by atoms with Crippen LogP contribution < -0.4 is 10.0 Å². The largest absolute Gasteiger partial charge is 0.357 e. The number of nitrogens with one attached hydrogen (secondary N) is 2. The Kier molecular flexibility index (Phi) is 3.87. The van der Waals surface area contributed by atoms with Crippen molar-refractivity contribution in [1.29, 1.82) is 0 Å². The van der Waals surface area contributed by atoms with Crippen LogP contribution in [0.1, 0.15) is 0 Å². The molecule has 0 radical (unpaired) electrons. The molecule has 0 spiro atoms. The molecule has 0 aliphatic carbocycles. The van der Waals surface area contributed by atoms with Crippen molar-refractivity contribution >= 4 is 33.3 Å². The lowest BCUT2D eigenvalue weighted by Gasteiger charge is -2.08. The van der Waals surface area contributed by atoms with Crippen LogP contribution >= 0.6 is 11.6 Å². The van der Waals surface area contributed by atoms with Gasteiger partial charge in [-0.25, -0.2) is 18.4 Å². The van der Waals surface area contributed by atoms with Gasteiger partial charge >= 0.3 is 0 Å². The summed E-state index contributed by atoms with van der Waals surface area (Å²) in [6.07, 6.45) is 2.46. The Bertz CT molecular complexity index is 673. The maximum Gasteiger partial charge on any atom is 0.264 e. The number of anilines is 2. The Morgan fingerprint density at radius 3 is 2.47 bits per heavy atom. The fourth-order valence-electron chi connectivity index (χ4n) is 1.35. The topological polar surface area (TPSA) is 84.0 Å².